The monoisotopic (exact) mass is 291 g/mol. The van der Waals surface area contributed by atoms with Crippen LogP contribution < -0.4 is 5.32 Å². The highest BCUT2D eigenvalue weighted by Crippen LogP contribution is 2.15. The molecule has 1 N–H and O–H groups in total. The van der Waals surface area contributed by atoms with Crippen molar-refractivity contribution in [3.05, 3.63) is 35.6 Å². The number of carbonyl (C=O) groups excluding carboxylic acids is 1. The summed E-state index contributed by atoms with van der Waals surface area (Å²) < 4.78 is 12.8. The highest BCUT2D eigenvalue weighted by atomic mass is 19.1. The second-order valence-corrected chi connectivity index (χ2v) is 5.82. The van der Waals surface area contributed by atoms with Crippen molar-refractivity contribution in [2.24, 2.45) is 5.92 Å². The lowest BCUT2D eigenvalue weighted by Gasteiger charge is -2.28. The first-order valence-corrected chi connectivity index (χ1v) is 6.92. The molecule has 0 saturated heterocycles. The van der Waals surface area contributed by atoms with E-state index >= 15 is 0 Å². The molecule has 0 aromatic heterocycles. The molecule has 0 aliphatic rings. The zero-order chi connectivity index (χ0) is 16.0. The molecule has 114 valence electrons. The van der Waals surface area contributed by atoms with Crippen LogP contribution in [-0.4, -0.2) is 29.9 Å². The molecular weight excluding hydrogens is 269 g/mol. The number of hydrogen-bond donors (Lipinski definition) is 1. The number of carbonyl (C=O) groups is 1. The van der Waals surface area contributed by atoms with Crippen LogP contribution in [0.2, 0.25) is 0 Å². The molecule has 0 saturated carbocycles. The van der Waals surface area contributed by atoms with Crippen molar-refractivity contribution < 1.29 is 9.18 Å². The number of likely N-dealkylation sites (N-methyl/N-ethyl adjacent to an activating group) is 1. The smallest absolute Gasteiger partial charge is 0.235 e. The molecule has 5 heteroatoms. The van der Waals surface area contributed by atoms with Gasteiger partial charge in [0.15, 0.2) is 0 Å². The Kier molecular flexibility index (Phi) is 5.86. The minimum absolute atomic E-state index is 0.0221. The lowest BCUT2D eigenvalue weighted by Crippen LogP contribution is -2.51. The number of nitrogens with one attached hydrogen (secondary N) is 1. The minimum Gasteiger partial charge on any atom is -0.337 e. The Balaban J connectivity index is 2.55. The largest absolute Gasteiger partial charge is 0.337 e. The molecular formula is C16H22FN3O. The van der Waals surface area contributed by atoms with Gasteiger partial charge in [-0.2, -0.15) is 5.26 Å². The van der Waals surface area contributed by atoms with Gasteiger partial charge in [-0.05, 0) is 37.6 Å². The SMILES string of the molecule is CC(C)[C@](C)(C#N)NC(=O)CN(C)Cc1ccc(F)cc1. The molecule has 1 aromatic rings. The molecule has 0 unspecified atom stereocenters. The van der Waals surface area contributed by atoms with E-state index in [0.717, 1.165) is 5.56 Å². The third-order valence-electron chi connectivity index (χ3n) is 3.57. The first-order valence-electron chi connectivity index (χ1n) is 6.92. The fourth-order valence-electron chi connectivity index (χ4n) is 1.83. The van der Waals surface area contributed by atoms with E-state index < -0.39 is 5.54 Å². The van der Waals surface area contributed by atoms with Crippen LogP contribution in [0.5, 0.6) is 0 Å². The van der Waals surface area contributed by atoms with Gasteiger partial charge in [0.2, 0.25) is 5.91 Å². The highest BCUT2D eigenvalue weighted by Gasteiger charge is 2.30. The summed E-state index contributed by atoms with van der Waals surface area (Å²) in [6.07, 6.45) is 0. The van der Waals surface area contributed by atoms with Gasteiger partial charge in [0.25, 0.3) is 0 Å². The summed E-state index contributed by atoms with van der Waals surface area (Å²) in [6.45, 7) is 6.23. The predicted octanol–water partition coefficient (Wildman–Crippen LogP) is 2.31. The summed E-state index contributed by atoms with van der Waals surface area (Å²) in [4.78, 5) is 13.8. The van der Waals surface area contributed by atoms with E-state index in [0.29, 0.717) is 6.54 Å². The topological polar surface area (TPSA) is 56.1 Å². The molecule has 21 heavy (non-hydrogen) atoms. The highest BCUT2D eigenvalue weighted by molar-refractivity contribution is 5.79. The molecule has 0 aliphatic carbocycles. The van der Waals surface area contributed by atoms with Crippen molar-refractivity contribution in [1.29, 1.82) is 5.26 Å². The first-order chi connectivity index (χ1) is 9.76. The number of amides is 1. The van der Waals surface area contributed by atoms with Crippen LogP contribution in [0.25, 0.3) is 0 Å². The predicted molar refractivity (Wildman–Crippen MR) is 79.7 cm³/mol. The molecule has 0 heterocycles. The van der Waals surface area contributed by atoms with Crippen LogP contribution in [0.1, 0.15) is 26.3 Å². The van der Waals surface area contributed by atoms with Crippen LogP contribution in [0.4, 0.5) is 4.39 Å². The van der Waals surface area contributed by atoms with Gasteiger partial charge in [-0.15, -0.1) is 0 Å². The normalized spacial score (nSPS) is 13.8. The van der Waals surface area contributed by atoms with E-state index in [9.17, 15) is 14.4 Å². The fourth-order valence-corrected chi connectivity index (χ4v) is 1.83. The summed E-state index contributed by atoms with van der Waals surface area (Å²) in [5.41, 5.74) is 0.0620. The van der Waals surface area contributed by atoms with Gasteiger partial charge >= 0.3 is 0 Å². The van der Waals surface area contributed by atoms with E-state index in [-0.39, 0.29) is 24.2 Å². The Bertz CT molecular complexity index is 521. The lowest BCUT2D eigenvalue weighted by molar-refractivity contribution is -0.123. The maximum atomic E-state index is 12.8. The number of halogens is 1. The maximum Gasteiger partial charge on any atom is 0.235 e. The average molecular weight is 291 g/mol. The van der Waals surface area contributed by atoms with Gasteiger partial charge in [-0.1, -0.05) is 26.0 Å². The lowest BCUT2D eigenvalue weighted by atomic mass is 9.90. The number of nitrogens with zero attached hydrogens (tertiary/aromatic N) is 2. The van der Waals surface area contributed by atoms with Gasteiger partial charge < -0.3 is 5.32 Å². The summed E-state index contributed by atoms with van der Waals surface area (Å²) >= 11 is 0. The Morgan fingerprint density at radius 3 is 2.48 bits per heavy atom. The Morgan fingerprint density at radius 2 is 2.00 bits per heavy atom. The quantitative estimate of drug-likeness (QED) is 0.875. The van der Waals surface area contributed by atoms with Crippen LogP contribution in [0.3, 0.4) is 0 Å². The van der Waals surface area contributed by atoms with Gasteiger partial charge in [-0.25, -0.2) is 4.39 Å². The molecule has 1 rings (SSSR count). The molecule has 0 bridgehead atoms. The zero-order valence-electron chi connectivity index (χ0n) is 13.0. The summed E-state index contributed by atoms with van der Waals surface area (Å²) in [6, 6.07) is 8.32. The van der Waals surface area contributed by atoms with Gasteiger partial charge in [-0.3, -0.25) is 9.69 Å². The van der Waals surface area contributed by atoms with E-state index in [1.54, 1.807) is 19.1 Å². The van der Waals surface area contributed by atoms with Crippen molar-refractivity contribution in [3.63, 3.8) is 0 Å². The average Bonchev–Trinajstić information content (AvgIpc) is 2.40. The molecule has 0 radical (unpaired) electrons. The third-order valence-corrected chi connectivity index (χ3v) is 3.57. The summed E-state index contributed by atoms with van der Waals surface area (Å²) in [7, 11) is 1.81. The molecule has 1 atom stereocenters. The van der Waals surface area contributed by atoms with Gasteiger partial charge in [0.1, 0.15) is 11.4 Å². The minimum atomic E-state index is -0.867. The number of benzene rings is 1. The van der Waals surface area contributed by atoms with E-state index in [1.165, 1.54) is 12.1 Å². The Labute approximate surface area is 125 Å². The Morgan fingerprint density at radius 1 is 1.43 bits per heavy atom. The van der Waals surface area contributed by atoms with Crippen LogP contribution in [-0.2, 0) is 11.3 Å². The molecule has 0 aliphatic heterocycles. The van der Waals surface area contributed by atoms with Gasteiger partial charge in [0, 0.05) is 6.54 Å². The second kappa shape index (κ2) is 7.19. The third kappa shape index (κ3) is 5.16. The standard InChI is InChI=1S/C16H22FN3O/c1-12(2)16(3,11-18)19-15(21)10-20(4)9-13-5-7-14(17)8-6-13/h5-8,12H,9-10H2,1-4H3,(H,19,21)/t16-/m0/s1. The molecule has 4 nitrogen and oxygen atoms in total. The van der Waals surface area contributed by atoms with E-state index in [1.807, 2.05) is 25.8 Å². The van der Waals surface area contributed by atoms with Gasteiger partial charge in [0.05, 0.1) is 12.6 Å². The number of hydrogen-bond acceptors (Lipinski definition) is 3. The van der Waals surface area contributed by atoms with Crippen molar-refractivity contribution in [2.45, 2.75) is 32.9 Å². The second-order valence-electron chi connectivity index (χ2n) is 5.82. The zero-order valence-corrected chi connectivity index (χ0v) is 13.0. The van der Waals surface area contributed by atoms with E-state index in [4.69, 9.17) is 0 Å². The van der Waals surface area contributed by atoms with E-state index in [2.05, 4.69) is 11.4 Å². The number of nitriles is 1. The van der Waals surface area contributed by atoms with Crippen LogP contribution in [0, 0.1) is 23.1 Å². The summed E-state index contributed by atoms with van der Waals surface area (Å²) in [5.74, 6) is -0.452. The first kappa shape index (κ1) is 17.1. The molecule has 1 aromatic carbocycles. The molecule has 1 amide bonds. The number of rotatable bonds is 6. The fraction of sp³-hybridized carbons (Fsp3) is 0.500. The van der Waals surface area contributed by atoms with Crippen molar-refractivity contribution >= 4 is 5.91 Å². The molecule has 0 fully saturated rings. The van der Waals surface area contributed by atoms with Crippen molar-refractivity contribution in [1.82, 2.24) is 10.2 Å². The maximum absolute atomic E-state index is 12.8. The summed E-state index contributed by atoms with van der Waals surface area (Å²) in [5, 5.41) is 12.0. The van der Waals surface area contributed by atoms with Crippen LogP contribution in [0.15, 0.2) is 24.3 Å². The van der Waals surface area contributed by atoms with Crippen molar-refractivity contribution in [3.8, 4) is 6.07 Å². The van der Waals surface area contributed by atoms with Crippen LogP contribution >= 0.6 is 0 Å². The van der Waals surface area contributed by atoms with Crippen molar-refractivity contribution in [2.75, 3.05) is 13.6 Å². The Hall–Kier alpha value is -1.93. The molecule has 0 spiro atoms.